The third-order valence-electron chi connectivity index (χ3n) is 21.7. The highest BCUT2D eigenvalue weighted by Crippen LogP contribution is 2.55. The first kappa shape index (κ1) is 62.0. The summed E-state index contributed by atoms with van der Waals surface area (Å²) in [5, 5.41) is 0. The molecule has 0 aromatic heterocycles. The topological polar surface area (TPSA) is 6.48 Å². The number of fused-ring (bicyclic) bond motifs is 9. The normalized spacial score (nSPS) is 14.4. The molecule has 0 N–H and O–H groups in total. The molecule has 0 fully saturated rings. The lowest BCUT2D eigenvalue weighted by atomic mass is 9.80. The van der Waals surface area contributed by atoms with Gasteiger partial charge in [-0.1, -0.05) is 270 Å². The van der Waals surface area contributed by atoms with E-state index >= 15 is 0 Å². The highest BCUT2D eigenvalue weighted by molar-refractivity contribution is 5.90. The van der Waals surface area contributed by atoms with Gasteiger partial charge in [-0.05, 0) is 235 Å². The number of rotatable bonds is 19. The summed E-state index contributed by atoms with van der Waals surface area (Å²) < 4.78 is 0. The molecule has 0 aliphatic heterocycles. The quantitative estimate of drug-likeness (QED) is 0.0588. The van der Waals surface area contributed by atoms with E-state index < -0.39 is 0 Å². The predicted octanol–water partition coefficient (Wildman–Crippen LogP) is 26.0. The fraction of sp³-hybridized carbons (Fsp3) is 0.239. The van der Waals surface area contributed by atoms with Crippen LogP contribution in [0, 0.1) is 0 Å². The number of benzene rings is 11. The van der Waals surface area contributed by atoms with E-state index in [4.69, 9.17) is 0 Å². The van der Waals surface area contributed by atoms with E-state index in [1.54, 1.807) is 0 Å². The van der Waals surface area contributed by atoms with E-state index in [9.17, 15) is 0 Å². The van der Waals surface area contributed by atoms with Crippen LogP contribution in [-0.4, -0.2) is 0 Å². The molecule has 0 atom stereocenters. The van der Waals surface area contributed by atoms with E-state index in [1.165, 1.54) is 165 Å². The number of allylic oxidation sites excluding steroid dienone is 3. The van der Waals surface area contributed by atoms with Gasteiger partial charge in [-0.25, -0.2) is 0 Å². The van der Waals surface area contributed by atoms with Crippen molar-refractivity contribution < 1.29 is 0 Å². The summed E-state index contributed by atoms with van der Waals surface area (Å²) in [6.45, 7) is 30.3. The zero-order chi connectivity index (χ0) is 65.3. The monoisotopic (exact) mass is 1220 g/mol. The van der Waals surface area contributed by atoms with Crippen LogP contribution in [-0.2, 0) is 28.2 Å². The number of hydrogen-bond donors (Lipinski definition) is 0. The smallest absolute Gasteiger partial charge is 0.0646 e. The first-order valence-corrected chi connectivity index (χ1v) is 34.7. The summed E-state index contributed by atoms with van der Waals surface area (Å²) >= 11 is 0. The molecule has 0 amide bonds. The molecule has 0 radical (unpaired) electrons. The van der Waals surface area contributed by atoms with Crippen LogP contribution in [0.4, 0.5) is 28.4 Å². The van der Waals surface area contributed by atoms with Gasteiger partial charge in [0.15, 0.2) is 0 Å². The van der Waals surface area contributed by atoms with Crippen molar-refractivity contribution in [2.45, 2.75) is 143 Å². The number of anilines is 5. The first-order chi connectivity index (χ1) is 45.4. The molecule has 2 nitrogen and oxygen atoms in total. The molecule has 468 valence electrons. The third-order valence-corrected chi connectivity index (χ3v) is 21.7. The van der Waals surface area contributed by atoms with E-state index in [1.807, 2.05) is 0 Å². The van der Waals surface area contributed by atoms with Gasteiger partial charge in [-0.2, -0.15) is 0 Å². The maximum Gasteiger partial charge on any atom is 0.0646 e. The van der Waals surface area contributed by atoms with Crippen molar-refractivity contribution in [3.8, 4) is 66.8 Å². The third kappa shape index (κ3) is 10.8. The fourth-order valence-corrected chi connectivity index (χ4v) is 16.2. The van der Waals surface area contributed by atoms with Crippen molar-refractivity contribution in [1.29, 1.82) is 0 Å². The largest absolute Gasteiger partial charge is 0.332 e. The van der Waals surface area contributed by atoms with Crippen molar-refractivity contribution in [3.05, 3.63) is 311 Å². The Kier molecular flexibility index (Phi) is 16.1. The molecular formula is C92H90N2. The molecule has 14 rings (SSSR count). The van der Waals surface area contributed by atoms with Gasteiger partial charge in [0.2, 0.25) is 0 Å². The van der Waals surface area contributed by atoms with Gasteiger partial charge in [0.05, 0.1) is 5.54 Å². The SMILES string of the molecule is C=C(/C=C(\CC)c1ccc(-c2ccc(N(c3ccc(-c4ccc5c(c4)C(C)(C)c4cc(-c6ccc(C(C)(C)N(c7ccccc7)c7ccc8c(c7)C(C)(C)c7ccccc7-8)cc6)ccc4-5)cc3)c3ccc4c(c3)C(C)(C)c3ccccc3-4)cc2CC)cc1)CCCCCC. The van der Waals surface area contributed by atoms with Crippen LogP contribution < -0.4 is 9.80 Å². The average molecular weight is 1220 g/mol. The number of nitrogens with zero attached hydrogens (tertiary/aromatic N) is 2. The summed E-state index contributed by atoms with van der Waals surface area (Å²) in [6, 6.07) is 92.4. The summed E-state index contributed by atoms with van der Waals surface area (Å²) in [4.78, 5) is 5.01. The van der Waals surface area contributed by atoms with Gasteiger partial charge in [0.1, 0.15) is 0 Å². The Labute approximate surface area is 561 Å². The number of unbranched alkanes of at least 4 members (excludes halogenated alkanes) is 3. The van der Waals surface area contributed by atoms with Crippen molar-refractivity contribution in [2.75, 3.05) is 9.80 Å². The molecule has 0 heterocycles. The van der Waals surface area contributed by atoms with Gasteiger partial charge in [0.25, 0.3) is 0 Å². The zero-order valence-electron chi connectivity index (χ0n) is 57.2. The van der Waals surface area contributed by atoms with Crippen molar-refractivity contribution in [1.82, 2.24) is 0 Å². The highest BCUT2D eigenvalue weighted by atomic mass is 15.2. The molecule has 0 saturated carbocycles. The molecule has 2 heteroatoms. The molecule has 0 bridgehead atoms. The summed E-state index contributed by atoms with van der Waals surface area (Å²) in [6.07, 6.45) is 10.3. The number of para-hydroxylation sites is 1. The Bertz CT molecular complexity index is 4720. The molecular weight excluding hydrogens is 1130 g/mol. The standard InChI is InChI=1S/C92H90N2/c1-13-16-17-19-26-61(4)55-62(14-2)64-33-35-67(36-34-64)76-52-47-73(56-63(76)15-3)93(74-48-53-81-77-29-22-24-31-83(77)89(5,6)87(81)59-74)71-45-39-66(40-46-71)69-42-51-80-79-50-41-68(57-85(79)91(9,10)86(80)58-69)65-37-43-70(44-38-65)92(11,12)94(72-27-20-18-21-28-72)75-49-54-82-78-30-23-25-32-84(78)90(7,8)88(82)60-75/h18,20-25,27-60H,4,13-17,19,26H2,1-3,5-12H3/b62-55+. The molecule has 3 aliphatic rings. The van der Waals surface area contributed by atoms with Crippen LogP contribution >= 0.6 is 0 Å². The molecule has 94 heavy (non-hydrogen) atoms. The van der Waals surface area contributed by atoms with E-state index in [-0.39, 0.29) is 21.8 Å². The molecule has 0 unspecified atom stereocenters. The first-order valence-electron chi connectivity index (χ1n) is 34.7. The second-order valence-corrected chi connectivity index (χ2v) is 28.9. The molecule has 0 saturated heterocycles. The summed E-state index contributed by atoms with van der Waals surface area (Å²) in [7, 11) is 0. The van der Waals surface area contributed by atoms with Crippen LogP contribution in [0.5, 0.6) is 0 Å². The summed E-state index contributed by atoms with van der Waals surface area (Å²) in [5.41, 5.74) is 35.1. The van der Waals surface area contributed by atoms with Crippen molar-refractivity contribution >= 4 is 34.0 Å². The van der Waals surface area contributed by atoms with E-state index in [0.717, 1.165) is 36.3 Å². The Morgan fingerprint density at radius 2 is 0.819 bits per heavy atom. The highest BCUT2D eigenvalue weighted by Gasteiger charge is 2.40. The predicted molar refractivity (Wildman–Crippen MR) is 404 cm³/mol. The zero-order valence-corrected chi connectivity index (χ0v) is 57.2. The van der Waals surface area contributed by atoms with Crippen molar-refractivity contribution in [2.24, 2.45) is 0 Å². The van der Waals surface area contributed by atoms with Gasteiger partial charge < -0.3 is 9.80 Å². The fourth-order valence-electron chi connectivity index (χ4n) is 16.2. The lowest BCUT2D eigenvalue weighted by Crippen LogP contribution is -2.38. The van der Waals surface area contributed by atoms with Gasteiger partial charge in [0, 0.05) is 44.7 Å². The average Bonchev–Trinajstić information content (AvgIpc) is 1.61. The van der Waals surface area contributed by atoms with Crippen LogP contribution in [0.3, 0.4) is 0 Å². The van der Waals surface area contributed by atoms with Gasteiger partial charge in [-0.3, -0.25) is 0 Å². The lowest BCUT2D eigenvalue weighted by molar-refractivity contribution is 0.535. The van der Waals surface area contributed by atoms with Crippen molar-refractivity contribution in [3.63, 3.8) is 0 Å². The van der Waals surface area contributed by atoms with Crippen LogP contribution in [0.25, 0.3) is 72.3 Å². The molecule has 11 aromatic rings. The summed E-state index contributed by atoms with van der Waals surface area (Å²) in [5.74, 6) is 0. The lowest BCUT2D eigenvalue weighted by Gasteiger charge is -2.41. The second-order valence-electron chi connectivity index (χ2n) is 28.9. The Balaban J connectivity index is 0.744. The molecule has 0 spiro atoms. The maximum absolute atomic E-state index is 4.45. The van der Waals surface area contributed by atoms with E-state index in [2.05, 4.69) is 341 Å². The molecule has 11 aromatic carbocycles. The van der Waals surface area contributed by atoms with Gasteiger partial charge in [-0.15, -0.1) is 0 Å². The van der Waals surface area contributed by atoms with Crippen LogP contribution in [0.1, 0.15) is 165 Å². The minimum absolute atomic E-state index is 0.0945. The minimum Gasteiger partial charge on any atom is -0.332 e. The van der Waals surface area contributed by atoms with Crippen LogP contribution in [0.15, 0.2) is 261 Å². The molecule has 3 aliphatic carbocycles. The Morgan fingerprint density at radius 3 is 1.37 bits per heavy atom. The second kappa shape index (κ2) is 24.4. The Hall–Kier alpha value is -9.50. The van der Waals surface area contributed by atoms with Crippen LogP contribution in [0.2, 0.25) is 0 Å². The minimum atomic E-state index is -0.378. The van der Waals surface area contributed by atoms with E-state index in [0.29, 0.717) is 0 Å². The number of aryl methyl sites for hydroxylation is 1. The maximum atomic E-state index is 4.45. The van der Waals surface area contributed by atoms with Gasteiger partial charge >= 0.3 is 0 Å². The number of hydrogen-bond acceptors (Lipinski definition) is 2. The Morgan fingerprint density at radius 1 is 0.383 bits per heavy atom.